The number of fused-ring (bicyclic) bond motifs is 1. The van der Waals surface area contributed by atoms with Gasteiger partial charge in [-0.3, -0.25) is 0 Å². The van der Waals surface area contributed by atoms with Crippen molar-refractivity contribution in [3.8, 4) is 0 Å². The number of nitrogens with zero attached hydrogens (tertiary/aromatic N) is 3. The van der Waals surface area contributed by atoms with Crippen LogP contribution in [-0.2, 0) is 12.2 Å². The van der Waals surface area contributed by atoms with E-state index in [1.807, 2.05) is 18.2 Å². The fourth-order valence-electron chi connectivity index (χ4n) is 1.72. The van der Waals surface area contributed by atoms with Crippen LogP contribution >= 0.6 is 23.3 Å². The molecule has 0 aliphatic rings. The SMILES string of the molecule is CCc1nsc(SCc2nc3ccc(N)cc3[nH]2)n1. The highest BCUT2D eigenvalue weighted by Crippen LogP contribution is 2.25. The Labute approximate surface area is 118 Å². The van der Waals surface area contributed by atoms with Crippen LogP contribution in [0.1, 0.15) is 18.6 Å². The van der Waals surface area contributed by atoms with Crippen molar-refractivity contribution in [1.82, 2.24) is 19.3 Å². The third kappa shape index (κ3) is 2.71. The molecule has 2 heterocycles. The summed E-state index contributed by atoms with van der Waals surface area (Å²) in [6.45, 7) is 2.06. The molecule has 0 unspecified atom stereocenters. The molecule has 98 valence electrons. The number of aromatic amines is 1. The van der Waals surface area contributed by atoms with Crippen LogP contribution in [0.4, 0.5) is 5.69 Å². The van der Waals surface area contributed by atoms with Gasteiger partial charge in [-0.15, -0.1) is 0 Å². The van der Waals surface area contributed by atoms with Crippen LogP contribution in [0, 0.1) is 0 Å². The van der Waals surface area contributed by atoms with Crippen molar-refractivity contribution in [3.05, 3.63) is 29.8 Å². The quantitative estimate of drug-likeness (QED) is 0.570. The first-order valence-electron chi connectivity index (χ1n) is 5.94. The third-order valence-corrected chi connectivity index (χ3v) is 4.54. The molecule has 19 heavy (non-hydrogen) atoms. The summed E-state index contributed by atoms with van der Waals surface area (Å²) in [6, 6.07) is 5.68. The van der Waals surface area contributed by atoms with Gasteiger partial charge in [0.05, 0.1) is 16.8 Å². The van der Waals surface area contributed by atoms with Crippen molar-refractivity contribution in [2.75, 3.05) is 5.73 Å². The van der Waals surface area contributed by atoms with E-state index in [1.54, 1.807) is 11.8 Å². The smallest absolute Gasteiger partial charge is 0.170 e. The first kappa shape index (κ1) is 12.4. The third-order valence-electron chi connectivity index (χ3n) is 2.65. The van der Waals surface area contributed by atoms with E-state index >= 15 is 0 Å². The topological polar surface area (TPSA) is 80.5 Å². The predicted octanol–water partition coefficient (Wildman–Crippen LogP) is 2.85. The van der Waals surface area contributed by atoms with Gasteiger partial charge in [-0.25, -0.2) is 9.97 Å². The van der Waals surface area contributed by atoms with E-state index in [-0.39, 0.29) is 0 Å². The van der Waals surface area contributed by atoms with Gasteiger partial charge in [0.1, 0.15) is 11.6 Å². The second kappa shape index (κ2) is 5.18. The lowest BCUT2D eigenvalue weighted by Crippen LogP contribution is -1.84. The number of benzene rings is 1. The minimum absolute atomic E-state index is 0.743. The summed E-state index contributed by atoms with van der Waals surface area (Å²) in [5.41, 5.74) is 8.40. The lowest BCUT2D eigenvalue weighted by Gasteiger charge is -1.92. The van der Waals surface area contributed by atoms with E-state index in [0.717, 1.165) is 44.9 Å². The number of nitrogen functional groups attached to an aromatic ring is 1. The van der Waals surface area contributed by atoms with Gasteiger partial charge in [-0.2, -0.15) is 4.37 Å². The lowest BCUT2D eigenvalue weighted by atomic mass is 10.3. The summed E-state index contributed by atoms with van der Waals surface area (Å²) in [7, 11) is 0. The number of aromatic nitrogens is 4. The van der Waals surface area contributed by atoms with Crippen LogP contribution in [0.25, 0.3) is 11.0 Å². The number of H-pyrrole nitrogens is 1. The average Bonchev–Trinajstić information content (AvgIpc) is 3.01. The van der Waals surface area contributed by atoms with Gasteiger partial charge in [-0.1, -0.05) is 18.7 Å². The standard InChI is InChI=1S/C12H13N5S2/c1-2-10-16-12(19-17-10)18-6-11-14-8-4-3-7(13)5-9(8)15-11/h3-5H,2,6,13H2,1H3,(H,14,15). The molecule has 0 aliphatic heterocycles. The molecule has 0 saturated carbocycles. The van der Waals surface area contributed by atoms with Gasteiger partial charge in [0.15, 0.2) is 4.34 Å². The Morgan fingerprint density at radius 1 is 1.37 bits per heavy atom. The largest absolute Gasteiger partial charge is 0.399 e. The summed E-state index contributed by atoms with van der Waals surface area (Å²) in [5.74, 6) is 2.59. The van der Waals surface area contributed by atoms with Gasteiger partial charge in [0.25, 0.3) is 0 Å². The Morgan fingerprint density at radius 3 is 3.05 bits per heavy atom. The molecule has 3 aromatic rings. The number of imidazole rings is 1. The van der Waals surface area contributed by atoms with Crippen molar-refractivity contribution in [1.29, 1.82) is 0 Å². The van der Waals surface area contributed by atoms with Gasteiger partial charge < -0.3 is 10.7 Å². The van der Waals surface area contributed by atoms with Crippen molar-refractivity contribution in [2.45, 2.75) is 23.4 Å². The second-order valence-electron chi connectivity index (χ2n) is 4.08. The van der Waals surface area contributed by atoms with Gasteiger partial charge in [0, 0.05) is 12.1 Å². The first-order chi connectivity index (χ1) is 9.24. The Morgan fingerprint density at radius 2 is 2.26 bits per heavy atom. The van der Waals surface area contributed by atoms with Crippen molar-refractivity contribution in [3.63, 3.8) is 0 Å². The number of aryl methyl sites for hydroxylation is 1. The van der Waals surface area contributed by atoms with Crippen molar-refractivity contribution in [2.24, 2.45) is 0 Å². The molecule has 3 N–H and O–H groups in total. The molecular formula is C12H13N5S2. The number of nitrogens with two attached hydrogens (primary N) is 1. The maximum Gasteiger partial charge on any atom is 0.170 e. The van der Waals surface area contributed by atoms with Gasteiger partial charge in [0.2, 0.25) is 0 Å². The Hall–Kier alpha value is -1.60. The molecule has 0 atom stereocenters. The number of hydrogen-bond acceptors (Lipinski definition) is 6. The zero-order valence-corrected chi connectivity index (χ0v) is 12.0. The Bertz CT molecular complexity index is 703. The van der Waals surface area contributed by atoms with Crippen molar-refractivity contribution < 1.29 is 0 Å². The zero-order chi connectivity index (χ0) is 13.2. The van der Waals surface area contributed by atoms with E-state index in [2.05, 4.69) is 26.2 Å². The number of anilines is 1. The van der Waals surface area contributed by atoms with E-state index in [4.69, 9.17) is 5.73 Å². The van der Waals surface area contributed by atoms with Crippen LogP contribution in [0.3, 0.4) is 0 Å². The van der Waals surface area contributed by atoms with Gasteiger partial charge in [-0.05, 0) is 29.7 Å². The molecule has 0 spiro atoms. The Balaban J connectivity index is 1.74. The van der Waals surface area contributed by atoms with Crippen LogP contribution < -0.4 is 5.73 Å². The molecule has 0 amide bonds. The fourth-order valence-corrected chi connectivity index (χ4v) is 3.28. The second-order valence-corrected chi connectivity index (χ2v) is 6.05. The number of nitrogens with one attached hydrogen (secondary N) is 1. The minimum atomic E-state index is 0.743. The Kier molecular flexibility index (Phi) is 3.39. The first-order valence-corrected chi connectivity index (χ1v) is 7.70. The molecule has 0 fully saturated rings. The highest BCUT2D eigenvalue weighted by molar-refractivity contribution is 8.00. The molecule has 0 bridgehead atoms. The molecule has 0 saturated heterocycles. The van der Waals surface area contributed by atoms with Crippen LogP contribution in [0.2, 0.25) is 0 Å². The monoisotopic (exact) mass is 291 g/mol. The molecule has 5 nitrogen and oxygen atoms in total. The fraction of sp³-hybridized carbons (Fsp3) is 0.250. The molecular weight excluding hydrogens is 278 g/mol. The minimum Gasteiger partial charge on any atom is -0.399 e. The molecule has 0 aliphatic carbocycles. The maximum absolute atomic E-state index is 5.75. The van der Waals surface area contributed by atoms with Crippen molar-refractivity contribution >= 4 is 40.0 Å². The summed E-state index contributed by atoms with van der Waals surface area (Å²) < 4.78 is 5.25. The number of rotatable bonds is 4. The highest BCUT2D eigenvalue weighted by Gasteiger charge is 2.07. The average molecular weight is 291 g/mol. The van der Waals surface area contributed by atoms with Crippen LogP contribution in [-0.4, -0.2) is 19.3 Å². The lowest BCUT2D eigenvalue weighted by molar-refractivity contribution is 0.971. The van der Waals surface area contributed by atoms with E-state index in [1.165, 1.54) is 11.5 Å². The van der Waals surface area contributed by atoms with E-state index in [0.29, 0.717) is 0 Å². The zero-order valence-electron chi connectivity index (χ0n) is 10.4. The van der Waals surface area contributed by atoms with E-state index < -0.39 is 0 Å². The van der Waals surface area contributed by atoms with Crippen LogP contribution in [0.5, 0.6) is 0 Å². The highest BCUT2D eigenvalue weighted by atomic mass is 32.2. The summed E-state index contributed by atoms with van der Waals surface area (Å²) in [4.78, 5) is 12.2. The maximum atomic E-state index is 5.75. The van der Waals surface area contributed by atoms with Crippen LogP contribution in [0.15, 0.2) is 22.5 Å². The number of hydrogen-bond donors (Lipinski definition) is 2. The predicted molar refractivity (Wildman–Crippen MR) is 79.4 cm³/mol. The molecule has 3 rings (SSSR count). The summed E-state index contributed by atoms with van der Waals surface area (Å²) in [5, 5.41) is 0. The molecule has 7 heteroatoms. The normalized spacial score (nSPS) is 11.2. The number of thioether (sulfide) groups is 1. The van der Waals surface area contributed by atoms with Gasteiger partial charge >= 0.3 is 0 Å². The van der Waals surface area contributed by atoms with E-state index in [9.17, 15) is 0 Å². The summed E-state index contributed by atoms with van der Waals surface area (Å²) >= 11 is 3.09. The molecule has 0 radical (unpaired) electrons. The molecule has 2 aromatic heterocycles. The molecule has 1 aromatic carbocycles. The summed E-state index contributed by atoms with van der Waals surface area (Å²) in [6.07, 6.45) is 0.876.